The van der Waals surface area contributed by atoms with Gasteiger partial charge in [0.25, 0.3) is 0 Å². The molecule has 1 aromatic carbocycles. The number of benzene rings is 1. The molecule has 0 saturated heterocycles. The lowest BCUT2D eigenvalue weighted by molar-refractivity contribution is 0.199. The highest BCUT2D eigenvalue weighted by Gasteiger charge is 2.02. The van der Waals surface area contributed by atoms with Gasteiger partial charge in [-0.25, -0.2) is 0 Å². The summed E-state index contributed by atoms with van der Waals surface area (Å²) in [5.74, 6) is 0. The standard InChI is InChI=1S/C11H13N3O/c1-8-7-12-14(13-8)11-5-3-10(4-6-11)9(2)15/h3-7,9,15H,1-2H3. The van der Waals surface area contributed by atoms with E-state index in [9.17, 15) is 5.11 Å². The average Bonchev–Trinajstić information content (AvgIpc) is 2.65. The van der Waals surface area contributed by atoms with Gasteiger partial charge in [0, 0.05) is 0 Å². The van der Waals surface area contributed by atoms with Crippen molar-refractivity contribution < 1.29 is 5.11 Å². The molecule has 0 aliphatic carbocycles. The lowest BCUT2D eigenvalue weighted by Gasteiger charge is -2.05. The molecule has 0 fully saturated rings. The van der Waals surface area contributed by atoms with Gasteiger partial charge in [-0.1, -0.05) is 12.1 Å². The molecule has 1 N–H and O–H groups in total. The van der Waals surface area contributed by atoms with Gasteiger partial charge in [0.05, 0.1) is 23.7 Å². The van der Waals surface area contributed by atoms with E-state index < -0.39 is 6.10 Å². The Balaban J connectivity index is 2.31. The van der Waals surface area contributed by atoms with E-state index >= 15 is 0 Å². The smallest absolute Gasteiger partial charge is 0.0856 e. The Morgan fingerprint density at radius 1 is 1.27 bits per heavy atom. The van der Waals surface area contributed by atoms with Gasteiger partial charge in [-0.2, -0.15) is 15.0 Å². The van der Waals surface area contributed by atoms with Crippen molar-refractivity contribution in [1.29, 1.82) is 0 Å². The van der Waals surface area contributed by atoms with Crippen molar-refractivity contribution in [3.05, 3.63) is 41.7 Å². The van der Waals surface area contributed by atoms with Crippen LogP contribution in [0.1, 0.15) is 24.3 Å². The van der Waals surface area contributed by atoms with Crippen molar-refractivity contribution >= 4 is 0 Å². The third-order valence-corrected chi connectivity index (χ3v) is 2.21. The molecule has 0 aliphatic heterocycles. The molecule has 1 aromatic heterocycles. The van der Waals surface area contributed by atoms with Gasteiger partial charge in [-0.05, 0) is 31.5 Å². The SMILES string of the molecule is Cc1cnn(-c2ccc(C(C)O)cc2)n1. The number of aliphatic hydroxyl groups excluding tert-OH is 1. The summed E-state index contributed by atoms with van der Waals surface area (Å²) in [5, 5.41) is 17.7. The first-order valence-electron chi connectivity index (χ1n) is 4.84. The van der Waals surface area contributed by atoms with E-state index in [0.29, 0.717) is 0 Å². The summed E-state index contributed by atoms with van der Waals surface area (Å²) in [4.78, 5) is 1.57. The predicted molar refractivity (Wildman–Crippen MR) is 56.7 cm³/mol. The van der Waals surface area contributed by atoms with Crippen molar-refractivity contribution in [2.45, 2.75) is 20.0 Å². The second kappa shape index (κ2) is 3.82. The highest BCUT2D eigenvalue weighted by molar-refractivity contribution is 5.33. The van der Waals surface area contributed by atoms with Gasteiger partial charge in [-0.3, -0.25) is 0 Å². The fourth-order valence-corrected chi connectivity index (χ4v) is 1.35. The van der Waals surface area contributed by atoms with Crippen LogP contribution in [0.5, 0.6) is 0 Å². The number of nitrogens with zero attached hydrogens (tertiary/aromatic N) is 3. The van der Waals surface area contributed by atoms with Gasteiger partial charge >= 0.3 is 0 Å². The molecule has 1 heterocycles. The molecule has 15 heavy (non-hydrogen) atoms. The van der Waals surface area contributed by atoms with Crippen molar-refractivity contribution in [2.24, 2.45) is 0 Å². The largest absolute Gasteiger partial charge is 0.389 e. The van der Waals surface area contributed by atoms with Crippen LogP contribution in [-0.4, -0.2) is 20.1 Å². The quantitative estimate of drug-likeness (QED) is 0.807. The average molecular weight is 203 g/mol. The number of aromatic nitrogens is 3. The zero-order valence-corrected chi connectivity index (χ0v) is 8.75. The van der Waals surface area contributed by atoms with Gasteiger partial charge in [0.1, 0.15) is 0 Å². The Morgan fingerprint density at radius 3 is 2.40 bits per heavy atom. The van der Waals surface area contributed by atoms with E-state index in [0.717, 1.165) is 16.9 Å². The molecule has 1 unspecified atom stereocenters. The van der Waals surface area contributed by atoms with E-state index in [1.807, 2.05) is 31.2 Å². The molecule has 0 bridgehead atoms. The molecule has 4 nitrogen and oxygen atoms in total. The normalized spacial score (nSPS) is 12.7. The molecular weight excluding hydrogens is 190 g/mol. The number of hydrogen-bond donors (Lipinski definition) is 1. The fraction of sp³-hybridized carbons (Fsp3) is 0.273. The molecule has 0 saturated carbocycles. The molecule has 1 atom stereocenters. The van der Waals surface area contributed by atoms with Gasteiger partial charge < -0.3 is 5.11 Å². The van der Waals surface area contributed by atoms with Crippen LogP contribution >= 0.6 is 0 Å². The first kappa shape index (κ1) is 9.86. The minimum absolute atomic E-state index is 0.439. The van der Waals surface area contributed by atoms with Crippen LogP contribution in [0.25, 0.3) is 5.69 Å². The summed E-state index contributed by atoms with van der Waals surface area (Å²) in [6.45, 7) is 3.64. The van der Waals surface area contributed by atoms with E-state index in [4.69, 9.17) is 0 Å². The van der Waals surface area contributed by atoms with E-state index in [-0.39, 0.29) is 0 Å². The summed E-state index contributed by atoms with van der Waals surface area (Å²) >= 11 is 0. The van der Waals surface area contributed by atoms with Gasteiger partial charge in [0.2, 0.25) is 0 Å². The topological polar surface area (TPSA) is 50.9 Å². The Hall–Kier alpha value is -1.68. The number of hydrogen-bond acceptors (Lipinski definition) is 3. The van der Waals surface area contributed by atoms with E-state index in [1.165, 1.54) is 0 Å². The molecule has 0 amide bonds. The monoisotopic (exact) mass is 203 g/mol. The number of aliphatic hydroxyl groups is 1. The molecular formula is C11H13N3O. The minimum atomic E-state index is -0.439. The second-order valence-corrected chi connectivity index (χ2v) is 3.54. The van der Waals surface area contributed by atoms with E-state index in [2.05, 4.69) is 10.2 Å². The summed E-state index contributed by atoms with van der Waals surface area (Å²) in [5.41, 5.74) is 2.67. The molecule has 0 aliphatic rings. The second-order valence-electron chi connectivity index (χ2n) is 3.54. The number of rotatable bonds is 2. The molecule has 0 radical (unpaired) electrons. The molecule has 4 heteroatoms. The fourth-order valence-electron chi connectivity index (χ4n) is 1.35. The maximum Gasteiger partial charge on any atom is 0.0856 e. The van der Waals surface area contributed by atoms with E-state index in [1.54, 1.807) is 17.9 Å². The zero-order chi connectivity index (χ0) is 10.8. The van der Waals surface area contributed by atoms with Crippen LogP contribution in [0.2, 0.25) is 0 Å². The molecule has 78 valence electrons. The first-order chi connectivity index (χ1) is 7.16. The minimum Gasteiger partial charge on any atom is -0.389 e. The Labute approximate surface area is 88.2 Å². The summed E-state index contributed by atoms with van der Waals surface area (Å²) in [6, 6.07) is 7.53. The van der Waals surface area contributed by atoms with Crippen molar-refractivity contribution in [1.82, 2.24) is 15.0 Å². The third kappa shape index (κ3) is 2.05. The Morgan fingerprint density at radius 2 is 1.93 bits per heavy atom. The number of aryl methyl sites for hydroxylation is 1. The zero-order valence-electron chi connectivity index (χ0n) is 8.75. The lowest BCUT2D eigenvalue weighted by Crippen LogP contribution is -1.99. The predicted octanol–water partition coefficient (Wildman–Crippen LogP) is 1.63. The van der Waals surface area contributed by atoms with Crippen LogP contribution in [0.4, 0.5) is 0 Å². The van der Waals surface area contributed by atoms with Crippen molar-refractivity contribution in [2.75, 3.05) is 0 Å². The maximum absolute atomic E-state index is 9.35. The first-order valence-corrected chi connectivity index (χ1v) is 4.84. The highest BCUT2D eigenvalue weighted by Crippen LogP contribution is 2.14. The maximum atomic E-state index is 9.35. The summed E-state index contributed by atoms with van der Waals surface area (Å²) in [7, 11) is 0. The Bertz CT molecular complexity index is 445. The lowest BCUT2D eigenvalue weighted by atomic mass is 10.1. The highest BCUT2D eigenvalue weighted by atomic mass is 16.3. The van der Waals surface area contributed by atoms with Crippen LogP contribution in [0, 0.1) is 6.92 Å². The van der Waals surface area contributed by atoms with Crippen LogP contribution in [0.15, 0.2) is 30.5 Å². The molecule has 2 aromatic rings. The van der Waals surface area contributed by atoms with Gasteiger partial charge in [-0.15, -0.1) is 0 Å². The van der Waals surface area contributed by atoms with Gasteiger partial charge in [0.15, 0.2) is 0 Å². The summed E-state index contributed by atoms with van der Waals surface area (Å²) < 4.78 is 0. The molecule has 0 spiro atoms. The molecule has 2 rings (SSSR count). The van der Waals surface area contributed by atoms with Crippen LogP contribution < -0.4 is 0 Å². The van der Waals surface area contributed by atoms with Crippen molar-refractivity contribution in [3.63, 3.8) is 0 Å². The summed E-state index contributed by atoms with van der Waals surface area (Å²) in [6.07, 6.45) is 1.27. The van der Waals surface area contributed by atoms with Crippen molar-refractivity contribution in [3.8, 4) is 5.69 Å². The van der Waals surface area contributed by atoms with Crippen LogP contribution in [0.3, 0.4) is 0 Å². The Kier molecular flexibility index (Phi) is 2.51. The van der Waals surface area contributed by atoms with Crippen LogP contribution in [-0.2, 0) is 0 Å². The third-order valence-electron chi connectivity index (χ3n) is 2.21.